The van der Waals surface area contributed by atoms with Gasteiger partial charge in [-0.3, -0.25) is 0 Å². The standard InChI is InChI=1S/C22H46.ClH.H3N/c1-3-5-7-9-11-13-15-17-19-21-22-20-18-16-14-12-10-8-6-4-2;;/h3-22H2,1-2H3;1H;1H3. The maximum atomic E-state index is 2.30. The summed E-state index contributed by atoms with van der Waals surface area (Å²) in [5, 5.41) is 0. The molecule has 0 saturated carbocycles. The smallest absolute Gasteiger partial charge is 0.0533 e. The molecule has 0 aliphatic rings. The molecule has 0 aromatic heterocycles. The third kappa shape index (κ3) is 27.1. The predicted octanol–water partition coefficient (Wildman–Crippen LogP) is 6.21. The van der Waals surface area contributed by atoms with Crippen LogP contribution >= 0.6 is 0 Å². The molecule has 4 N–H and O–H groups in total. The zero-order valence-corrected chi connectivity index (χ0v) is 18.3. The van der Waals surface area contributed by atoms with Crippen LogP contribution in [0.15, 0.2) is 0 Å². The van der Waals surface area contributed by atoms with E-state index in [0.717, 1.165) is 0 Å². The molecular formula is C22H50ClN. The predicted molar refractivity (Wildman–Crippen MR) is 110 cm³/mol. The molecule has 150 valence electrons. The van der Waals surface area contributed by atoms with Crippen molar-refractivity contribution in [1.29, 1.82) is 0 Å². The molecule has 0 radical (unpaired) electrons. The van der Waals surface area contributed by atoms with Gasteiger partial charge in [0.05, 0.1) is 0 Å². The lowest BCUT2D eigenvalue weighted by molar-refractivity contribution is -0.00000548. The van der Waals surface area contributed by atoms with Crippen molar-refractivity contribution in [1.82, 2.24) is 6.15 Å². The average molecular weight is 364 g/mol. The Hall–Kier alpha value is 0.250. The summed E-state index contributed by atoms with van der Waals surface area (Å²) in [5.41, 5.74) is 0. The molecule has 0 unspecified atom stereocenters. The van der Waals surface area contributed by atoms with Crippen LogP contribution in [0, 0.1) is 0 Å². The fourth-order valence-corrected chi connectivity index (χ4v) is 3.33. The summed E-state index contributed by atoms with van der Waals surface area (Å²) in [6.07, 6.45) is 29.4. The maximum Gasteiger partial charge on any atom is -0.0533 e. The fourth-order valence-electron chi connectivity index (χ4n) is 3.33. The average Bonchev–Trinajstić information content (AvgIpc) is 2.54. The first-order valence-electron chi connectivity index (χ1n) is 10.9. The second-order valence-electron chi connectivity index (χ2n) is 7.36. The molecule has 0 amide bonds. The van der Waals surface area contributed by atoms with E-state index in [-0.39, 0.29) is 18.6 Å². The van der Waals surface area contributed by atoms with Gasteiger partial charge < -0.3 is 18.6 Å². The van der Waals surface area contributed by atoms with E-state index < -0.39 is 0 Å². The lowest BCUT2D eigenvalue weighted by atomic mass is 10.0. The Morgan fingerprint density at radius 3 is 0.542 bits per heavy atom. The Balaban J connectivity index is -0.00000220. The Bertz CT molecular complexity index is 165. The second kappa shape index (κ2) is 28.1. The minimum absolute atomic E-state index is 0. The van der Waals surface area contributed by atoms with Gasteiger partial charge in [0, 0.05) is 0 Å². The summed E-state index contributed by atoms with van der Waals surface area (Å²) in [7, 11) is 0. The van der Waals surface area contributed by atoms with Gasteiger partial charge in [-0.05, 0) is 0 Å². The molecule has 0 aliphatic carbocycles. The highest BCUT2D eigenvalue weighted by atomic mass is 35.5. The van der Waals surface area contributed by atoms with Gasteiger partial charge in [-0.15, -0.1) is 0 Å². The van der Waals surface area contributed by atoms with Gasteiger partial charge >= 0.3 is 0 Å². The number of hydrogen-bond donors (Lipinski definition) is 1. The summed E-state index contributed by atoms with van der Waals surface area (Å²) < 4.78 is 0. The molecule has 0 rings (SSSR count). The van der Waals surface area contributed by atoms with Crippen LogP contribution in [0.4, 0.5) is 0 Å². The Labute approximate surface area is 161 Å². The van der Waals surface area contributed by atoms with E-state index in [1.54, 1.807) is 0 Å². The summed E-state index contributed by atoms with van der Waals surface area (Å²) in [6.45, 7) is 4.60. The van der Waals surface area contributed by atoms with Crippen molar-refractivity contribution in [2.45, 2.75) is 142 Å². The van der Waals surface area contributed by atoms with Crippen LogP contribution in [0.5, 0.6) is 0 Å². The first-order valence-corrected chi connectivity index (χ1v) is 10.9. The summed E-state index contributed by atoms with van der Waals surface area (Å²) >= 11 is 0. The summed E-state index contributed by atoms with van der Waals surface area (Å²) in [6, 6.07) is 0. The third-order valence-electron chi connectivity index (χ3n) is 4.96. The molecule has 0 aliphatic heterocycles. The van der Waals surface area contributed by atoms with Gasteiger partial charge in [-0.2, -0.15) is 0 Å². The lowest BCUT2D eigenvalue weighted by Crippen LogP contribution is -3.00. The van der Waals surface area contributed by atoms with E-state index in [0.29, 0.717) is 0 Å². The van der Waals surface area contributed by atoms with Crippen LogP contribution in [0.3, 0.4) is 0 Å². The minimum Gasteiger partial charge on any atom is -1.00 e. The van der Waals surface area contributed by atoms with Gasteiger partial charge in [0.1, 0.15) is 0 Å². The molecule has 0 spiro atoms. The number of halogens is 1. The molecule has 0 atom stereocenters. The van der Waals surface area contributed by atoms with Gasteiger partial charge in [0.25, 0.3) is 0 Å². The van der Waals surface area contributed by atoms with Crippen LogP contribution in [0.2, 0.25) is 0 Å². The van der Waals surface area contributed by atoms with Crippen molar-refractivity contribution in [3.8, 4) is 0 Å². The van der Waals surface area contributed by atoms with Crippen molar-refractivity contribution in [3.63, 3.8) is 0 Å². The zero-order valence-electron chi connectivity index (χ0n) is 17.5. The van der Waals surface area contributed by atoms with E-state index in [1.165, 1.54) is 128 Å². The SMILES string of the molecule is CCCCCCCCCCCCCCCCCCCCCC.[Cl-].[NH4+]. The quantitative estimate of drug-likeness (QED) is 0.265. The number of unbranched alkanes of at least 4 members (excludes halogenated alkanes) is 19. The topological polar surface area (TPSA) is 36.5 Å². The molecule has 0 fully saturated rings. The van der Waals surface area contributed by atoms with Crippen molar-refractivity contribution in [2.24, 2.45) is 0 Å². The number of rotatable bonds is 19. The largest absolute Gasteiger partial charge is 1.00 e. The molecule has 1 nitrogen and oxygen atoms in total. The maximum absolute atomic E-state index is 2.30. The first-order chi connectivity index (χ1) is 10.9. The summed E-state index contributed by atoms with van der Waals surface area (Å²) in [4.78, 5) is 0. The zero-order chi connectivity index (χ0) is 16.1. The molecule has 0 heterocycles. The molecule has 0 bridgehead atoms. The molecule has 0 aromatic carbocycles. The van der Waals surface area contributed by atoms with Crippen LogP contribution in [0.1, 0.15) is 142 Å². The van der Waals surface area contributed by atoms with Gasteiger partial charge in [0.2, 0.25) is 0 Å². The first kappa shape index (κ1) is 29.0. The number of quaternary nitrogens is 1. The van der Waals surface area contributed by atoms with Crippen molar-refractivity contribution < 1.29 is 12.4 Å². The highest BCUT2D eigenvalue weighted by Gasteiger charge is 1.94. The van der Waals surface area contributed by atoms with E-state index >= 15 is 0 Å². The Morgan fingerprint density at radius 1 is 0.292 bits per heavy atom. The van der Waals surface area contributed by atoms with Gasteiger partial charge in [0.15, 0.2) is 0 Å². The highest BCUT2D eigenvalue weighted by Crippen LogP contribution is 2.14. The van der Waals surface area contributed by atoms with E-state index in [9.17, 15) is 0 Å². The van der Waals surface area contributed by atoms with Crippen molar-refractivity contribution >= 4 is 0 Å². The molecule has 2 heteroatoms. The second-order valence-corrected chi connectivity index (χ2v) is 7.36. The number of hydrogen-bond acceptors (Lipinski definition) is 0. The van der Waals surface area contributed by atoms with Gasteiger partial charge in [-0.25, -0.2) is 0 Å². The molecule has 0 aromatic rings. The van der Waals surface area contributed by atoms with Crippen LogP contribution < -0.4 is 18.6 Å². The molecular weight excluding hydrogens is 314 g/mol. The van der Waals surface area contributed by atoms with Crippen LogP contribution in [-0.2, 0) is 0 Å². The lowest BCUT2D eigenvalue weighted by Gasteiger charge is -2.03. The van der Waals surface area contributed by atoms with Crippen LogP contribution in [0.25, 0.3) is 0 Å². The van der Waals surface area contributed by atoms with E-state index in [1.807, 2.05) is 0 Å². The summed E-state index contributed by atoms with van der Waals surface area (Å²) in [5.74, 6) is 0. The fraction of sp³-hybridized carbons (Fsp3) is 1.00. The molecule has 24 heavy (non-hydrogen) atoms. The van der Waals surface area contributed by atoms with Gasteiger partial charge in [-0.1, -0.05) is 142 Å². The van der Waals surface area contributed by atoms with Crippen LogP contribution in [-0.4, -0.2) is 0 Å². The van der Waals surface area contributed by atoms with Crippen molar-refractivity contribution in [3.05, 3.63) is 0 Å². The normalized spacial score (nSPS) is 10.2. The third-order valence-corrected chi connectivity index (χ3v) is 4.96. The molecule has 0 saturated heterocycles. The van der Waals surface area contributed by atoms with E-state index in [2.05, 4.69) is 13.8 Å². The Kier molecular flexibility index (Phi) is 34.0. The van der Waals surface area contributed by atoms with E-state index in [4.69, 9.17) is 0 Å². The minimum atomic E-state index is 0. The Morgan fingerprint density at radius 2 is 0.417 bits per heavy atom. The van der Waals surface area contributed by atoms with Crippen molar-refractivity contribution in [2.75, 3.05) is 0 Å². The highest BCUT2D eigenvalue weighted by molar-refractivity contribution is 4.50. The monoisotopic (exact) mass is 363 g/mol.